The maximum absolute atomic E-state index is 10.7. The Hall–Kier alpha value is -2.58. The standard InChI is InChI=1S/C20H16Br2N6O/c21-12-4-5-18-16(6-12)17-8-20(22)25-10-19(17)28(18)11-15(29)9-24-13-2-1-3-14(7-13)26-27-23/h1-8,10,15,24,29H,9,11H2. The fraction of sp³-hybridized carbons (Fsp3) is 0.150. The second kappa shape index (κ2) is 8.42. The molecule has 0 saturated carbocycles. The third-order valence-electron chi connectivity index (χ3n) is 4.62. The molecule has 2 aromatic carbocycles. The van der Waals surface area contributed by atoms with Crippen molar-refractivity contribution in [3.8, 4) is 0 Å². The second-order valence-corrected chi connectivity index (χ2v) is 8.30. The molecule has 2 N–H and O–H groups in total. The number of hydrogen-bond acceptors (Lipinski definition) is 4. The fourth-order valence-corrected chi connectivity index (χ4v) is 4.07. The largest absolute Gasteiger partial charge is 0.389 e. The summed E-state index contributed by atoms with van der Waals surface area (Å²) in [6.45, 7) is 0.759. The number of benzene rings is 2. The highest BCUT2D eigenvalue weighted by molar-refractivity contribution is 9.10. The summed E-state index contributed by atoms with van der Waals surface area (Å²) >= 11 is 6.98. The van der Waals surface area contributed by atoms with E-state index in [4.69, 9.17) is 5.53 Å². The molecule has 1 atom stereocenters. The van der Waals surface area contributed by atoms with E-state index in [1.165, 1.54) is 0 Å². The number of aromatic nitrogens is 2. The van der Waals surface area contributed by atoms with E-state index < -0.39 is 6.10 Å². The SMILES string of the molecule is [N-]=[N+]=Nc1cccc(NCC(O)Cn2c3ccc(Br)cc3c3cc(Br)ncc32)c1. The average Bonchev–Trinajstić information content (AvgIpc) is 2.99. The normalized spacial score (nSPS) is 12.1. The molecule has 7 nitrogen and oxygen atoms in total. The molecule has 0 aliphatic carbocycles. The Morgan fingerprint density at radius 3 is 2.79 bits per heavy atom. The van der Waals surface area contributed by atoms with Crippen molar-refractivity contribution in [3.63, 3.8) is 0 Å². The van der Waals surface area contributed by atoms with Crippen LogP contribution in [0.4, 0.5) is 11.4 Å². The first-order valence-corrected chi connectivity index (χ1v) is 10.4. The number of hydrogen-bond donors (Lipinski definition) is 2. The van der Waals surface area contributed by atoms with Crippen molar-refractivity contribution >= 4 is 65.0 Å². The lowest BCUT2D eigenvalue weighted by Crippen LogP contribution is -2.24. The van der Waals surface area contributed by atoms with Crippen LogP contribution in [0.3, 0.4) is 0 Å². The van der Waals surface area contributed by atoms with Gasteiger partial charge in [-0.3, -0.25) is 0 Å². The number of nitrogens with one attached hydrogen (secondary N) is 1. The Bertz CT molecular complexity index is 1190. The van der Waals surface area contributed by atoms with Crippen molar-refractivity contribution in [2.75, 3.05) is 11.9 Å². The smallest absolute Gasteiger partial charge is 0.106 e. The Balaban J connectivity index is 1.60. The zero-order chi connectivity index (χ0) is 20.4. The average molecular weight is 516 g/mol. The van der Waals surface area contributed by atoms with Crippen LogP contribution < -0.4 is 5.32 Å². The Morgan fingerprint density at radius 1 is 1.14 bits per heavy atom. The third kappa shape index (κ3) is 4.23. The quantitative estimate of drug-likeness (QED) is 0.140. The Labute approximate surface area is 183 Å². The number of nitrogens with zero attached hydrogens (tertiary/aromatic N) is 5. The predicted octanol–water partition coefficient (Wildman–Crippen LogP) is 6.13. The number of aliphatic hydroxyl groups is 1. The maximum atomic E-state index is 10.7. The highest BCUT2D eigenvalue weighted by atomic mass is 79.9. The minimum atomic E-state index is -0.635. The van der Waals surface area contributed by atoms with Gasteiger partial charge in [-0.15, -0.1) is 0 Å². The van der Waals surface area contributed by atoms with Crippen LogP contribution in [-0.2, 0) is 6.54 Å². The summed E-state index contributed by atoms with van der Waals surface area (Å²) in [5.41, 5.74) is 11.9. The topological polar surface area (TPSA) is 98.8 Å². The van der Waals surface area contributed by atoms with Gasteiger partial charge in [-0.25, -0.2) is 4.98 Å². The molecule has 4 aromatic rings. The number of azide groups is 1. The van der Waals surface area contributed by atoms with Crippen LogP contribution in [0.25, 0.3) is 32.2 Å². The van der Waals surface area contributed by atoms with Gasteiger partial charge in [0.05, 0.1) is 24.4 Å². The van der Waals surface area contributed by atoms with Gasteiger partial charge >= 0.3 is 0 Å². The zero-order valence-electron chi connectivity index (χ0n) is 15.1. The van der Waals surface area contributed by atoms with E-state index in [1.54, 1.807) is 18.2 Å². The first-order valence-electron chi connectivity index (χ1n) is 8.85. The van der Waals surface area contributed by atoms with Crippen molar-refractivity contribution in [1.82, 2.24) is 9.55 Å². The predicted molar refractivity (Wildman–Crippen MR) is 122 cm³/mol. The monoisotopic (exact) mass is 514 g/mol. The number of anilines is 1. The van der Waals surface area contributed by atoms with Crippen molar-refractivity contribution in [3.05, 3.63) is 74.2 Å². The number of aliphatic hydroxyl groups excluding tert-OH is 1. The summed E-state index contributed by atoms with van der Waals surface area (Å²) in [6, 6.07) is 15.2. The Morgan fingerprint density at radius 2 is 1.97 bits per heavy atom. The van der Waals surface area contributed by atoms with E-state index in [0.717, 1.165) is 36.6 Å². The number of halogens is 2. The highest BCUT2D eigenvalue weighted by Gasteiger charge is 2.15. The van der Waals surface area contributed by atoms with Crippen molar-refractivity contribution in [2.45, 2.75) is 12.6 Å². The number of pyridine rings is 1. The van der Waals surface area contributed by atoms with Gasteiger partial charge in [0.1, 0.15) is 4.60 Å². The molecule has 0 aliphatic heterocycles. The summed E-state index contributed by atoms with van der Waals surface area (Å²) in [6.07, 6.45) is 1.18. The van der Waals surface area contributed by atoms with Crippen LogP contribution >= 0.6 is 31.9 Å². The van der Waals surface area contributed by atoms with Crippen LogP contribution in [0.2, 0.25) is 0 Å². The van der Waals surface area contributed by atoms with Gasteiger partial charge in [0.2, 0.25) is 0 Å². The number of fused-ring (bicyclic) bond motifs is 3. The molecule has 9 heteroatoms. The molecular weight excluding hydrogens is 500 g/mol. The molecule has 2 heterocycles. The van der Waals surface area contributed by atoms with Crippen molar-refractivity contribution in [2.24, 2.45) is 5.11 Å². The summed E-state index contributed by atoms with van der Waals surface area (Å²) < 4.78 is 3.85. The first-order chi connectivity index (χ1) is 14.0. The van der Waals surface area contributed by atoms with Gasteiger partial charge in [-0.2, -0.15) is 0 Å². The molecule has 0 aliphatic rings. The highest BCUT2D eigenvalue weighted by Crippen LogP contribution is 2.32. The van der Waals surface area contributed by atoms with Crippen molar-refractivity contribution < 1.29 is 5.11 Å². The first kappa shape index (κ1) is 19.7. The molecule has 0 amide bonds. The lowest BCUT2D eigenvalue weighted by Gasteiger charge is -2.15. The van der Waals surface area contributed by atoms with Crippen LogP contribution in [0.5, 0.6) is 0 Å². The lowest BCUT2D eigenvalue weighted by molar-refractivity contribution is 0.169. The van der Waals surface area contributed by atoms with Gasteiger partial charge in [0.25, 0.3) is 0 Å². The maximum Gasteiger partial charge on any atom is 0.106 e. The van der Waals surface area contributed by atoms with E-state index in [0.29, 0.717) is 18.8 Å². The van der Waals surface area contributed by atoms with Crippen LogP contribution in [0.1, 0.15) is 0 Å². The minimum Gasteiger partial charge on any atom is -0.389 e. The molecule has 2 aromatic heterocycles. The summed E-state index contributed by atoms with van der Waals surface area (Å²) in [7, 11) is 0. The van der Waals surface area contributed by atoms with Gasteiger partial charge in [-0.05, 0) is 57.9 Å². The Kier molecular flexibility index (Phi) is 5.73. The van der Waals surface area contributed by atoms with Crippen molar-refractivity contribution in [1.29, 1.82) is 0 Å². The zero-order valence-corrected chi connectivity index (χ0v) is 18.3. The van der Waals surface area contributed by atoms with Crippen LogP contribution in [-0.4, -0.2) is 27.3 Å². The van der Waals surface area contributed by atoms with E-state index in [1.807, 2.05) is 30.5 Å². The molecule has 0 fully saturated rings. The second-order valence-electron chi connectivity index (χ2n) is 6.57. The third-order valence-corrected chi connectivity index (χ3v) is 5.55. The molecule has 146 valence electrons. The van der Waals surface area contributed by atoms with Gasteiger partial charge in [-0.1, -0.05) is 33.2 Å². The fourth-order valence-electron chi connectivity index (χ4n) is 3.38. The molecular formula is C20H16Br2N6O. The van der Waals surface area contributed by atoms with E-state index >= 15 is 0 Å². The summed E-state index contributed by atoms with van der Waals surface area (Å²) in [5, 5.41) is 19.6. The summed E-state index contributed by atoms with van der Waals surface area (Å²) in [5.74, 6) is 0. The van der Waals surface area contributed by atoms with Gasteiger partial charge in [0.15, 0.2) is 0 Å². The van der Waals surface area contributed by atoms with E-state index in [2.05, 4.69) is 62.8 Å². The van der Waals surface area contributed by atoms with Gasteiger partial charge in [0, 0.05) is 43.6 Å². The van der Waals surface area contributed by atoms with Crippen LogP contribution in [0.15, 0.2) is 68.9 Å². The molecule has 29 heavy (non-hydrogen) atoms. The molecule has 0 spiro atoms. The molecule has 0 bridgehead atoms. The molecule has 0 saturated heterocycles. The lowest BCUT2D eigenvalue weighted by atomic mass is 10.2. The minimum absolute atomic E-state index is 0.349. The molecule has 1 unspecified atom stereocenters. The van der Waals surface area contributed by atoms with E-state index in [-0.39, 0.29) is 0 Å². The van der Waals surface area contributed by atoms with Gasteiger partial charge < -0.3 is 15.0 Å². The van der Waals surface area contributed by atoms with E-state index in [9.17, 15) is 5.11 Å². The summed E-state index contributed by atoms with van der Waals surface area (Å²) in [4.78, 5) is 7.16. The molecule has 4 rings (SSSR count). The number of rotatable bonds is 6. The molecule has 0 radical (unpaired) electrons. The van der Waals surface area contributed by atoms with Crippen LogP contribution in [0, 0.1) is 0 Å².